The second-order valence-corrected chi connectivity index (χ2v) is 2.34. The van der Waals surface area contributed by atoms with E-state index in [1.54, 1.807) is 0 Å². The second-order valence-electron chi connectivity index (χ2n) is 2.34. The van der Waals surface area contributed by atoms with E-state index in [0.29, 0.717) is 6.04 Å². The number of aliphatic hydroxyl groups is 1. The van der Waals surface area contributed by atoms with Crippen LogP contribution in [0, 0.1) is 0 Å². The summed E-state index contributed by atoms with van der Waals surface area (Å²) in [5.41, 5.74) is 2.86. The minimum absolute atomic E-state index is 0.324. The van der Waals surface area contributed by atoms with Gasteiger partial charge in [0.25, 0.3) is 0 Å². The molecule has 2 atom stereocenters. The minimum Gasteiger partial charge on any atom is -0.377 e. The van der Waals surface area contributed by atoms with Gasteiger partial charge in [-0.3, -0.25) is 0 Å². The number of rotatable bonds is 0. The molecule has 3 heteroatoms. The normalized spacial score (nSPS) is 40.9. The molecule has 0 aliphatic carbocycles. The molecule has 3 nitrogen and oxygen atoms in total. The first-order valence-electron chi connectivity index (χ1n) is 2.87. The first-order chi connectivity index (χ1) is 3.70. The van der Waals surface area contributed by atoms with Crippen LogP contribution < -0.4 is 5.43 Å². The maximum absolute atomic E-state index is 8.92. The van der Waals surface area contributed by atoms with Gasteiger partial charge in [-0.15, -0.1) is 0 Å². The number of nitrogens with zero attached hydrogens (tertiary/aromatic N) is 1. The number of hydrogen-bond donors (Lipinski definition) is 2. The van der Waals surface area contributed by atoms with Crippen LogP contribution in [0.5, 0.6) is 0 Å². The van der Waals surface area contributed by atoms with E-state index in [1.807, 2.05) is 12.1 Å². The summed E-state index contributed by atoms with van der Waals surface area (Å²) in [6.45, 7) is 2.07. The summed E-state index contributed by atoms with van der Waals surface area (Å²) in [4.78, 5) is 0. The number of hydrazine groups is 1. The molecule has 0 spiro atoms. The standard InChI is InChI=1S/C5H12N2O/c1-4-3-5(8)6-7(4)2/h4-6,8H,3H2,1-2H3. The van der Waals surface area contributed by atoms with Crippen LogP contribution in [0.4, 0.5) is 0 Å². The van der Waals surface area contributed by atoms with Crippen molar-refractivity contribution >= 4 is 0 Å². The van der Waals surface area contributed by atoms with E-state index in [0.717, 1.165) is 6.42 Å². The molecule has 2 unspecified atom stereocenters. The fourth-order valence-corrected chi connectivity index (χ4v) is 0.896. The second kappa shape index (κ2) is 2.01. The van der Waals surface area contributed by atoms with Crippen molar-refractivity contribution in [3.8, 4) is 0 Å². The molecule has 0 radical (unpaired) electrons. The zero-order valence-electron chi connectivity index (χ0n) is 5.26. The molecule has 0 aromatic carbocycles. The average Bonchev–Trinajstić information content (AvgIpc) is 1.85. The highest BCUT2D eigenvalue weighted by atomic mass is 16.3. The number of nitrogens with one attached hydrogen (secondary N) is 1. The van der Waals surface area contributed by atoms with E-state index in [9.17, 15) is 0 Å². The van der Waals surface area contributed by atoms with Gasteiger partial charge in [-0.2, -0.15) is 0 Å². The maximum atomic E-state index is 8.92. The summed E-state index contributed by atoms with van der Waals surface area (Å²) >= 11 is 0. The SMILES string of the molecule is CC1CC(O)NN1C. The zero-order valence-corrected chi connectivity index (χ0v) is 5.26. The van der Waals surface area contributed by atoms with Crippen molar-refractivity contribution in [3.05, 3.63) is 0 Å². The molecule has 1 saturated heterocycles. The van der Waals surface area contributed by atoms with E-state index >= 15 is 0 Å². The van der Waals surface area contributed by atoms with Crippen molar-refractivity contribution in [1.82, 2.24) is 10.4 Å². The Kier molecular flexibility index (Phi) is 1.51. The Morgan fingerprint density at radius 3 is 2.50 bits per heavy atom. The lowest BCUT2D eigenvalue weighted by molar-refractivity contribution is 0.114. The van der Waals surface area contributed by atoms with Crippen molar-refractivity contribution in [2.24, 2.45) is 0 Å². The summed E-state index contributed by atoms with van der Waals surface area (Å²) in [5.74, 6) is 0. The van der Waals surface area contributed by atoms with Crippen molar-refractivity contribution in [1.29, 1.82) is 0 Å². The summed E-state index contributed by atoms with van der Waals surface area (Å²) < 4.78 is 0. The van der Waals surface area contributed by atoms with Crippen LogP contribution in [-0.4, -0.2) is 29.4 Å². The monoisotopic (exact) mass is 116 g/mol. The molecule has 48 valence electrons. The molecule has 2 N–H and O–H groups in total. The molecule has 0 bridgehead atoms. The number of hydrogen-bond acceptors (Lipinski definition) is 3. The number of aliphatic hydroxyl groups excluding tert-OH is 1. The lowest BCUT2D eigenvalue weighted by Crippen LogP contribution is -2.34. The lowest BCUT2D eigenvalue weighted by Gasteiger charge is -2.12. The third-order valence-corrected chi connectivity index (χ3v) is 1.58. The predicted octanol–water partition coefficient (Wildman–Crippen LogP) is -0.467. The Bertz CT molecular complexity index is 76.5. The van der Waals surface area contributed by atoms with Gasteiger partial charge in [0.05, 0.1) is 0 Å². The van der Waals surface area contributed by atoms with Crippen molar-refractivity contribution in [2.75, 3.05) is 7.05 Å². The Labute approximate surface area is 49.3 Å². The smallest absolute Gasteiger partial charge is 0.118 e. The van der Waals surface area contributed by atoms with E-state index < -0.39 is 0 Å². The van der Waals surface area contributed by atoms with Crippen LogP contribution in [0.2, 0.25) is 0 Å². The Morgan fingerprint density at radius 1 is 1.75 bits per heavy atom. The molecule has 1 rings (SSSR count). The first-order valence-corrected chi connectivity index (χ1v) is 2.87. The molecule has 1 heterocycles. The van der Waals surface area contributed by atoms with Gasteiger partial charge in [-0.05, 0) is 6.92 Å². The molecular weight excluding hydrogens is 104 g/mol. The van der Waals surface area contributed by atoms with Crippen LogP contribution in [-0.2, 0) is 0 Å². The summed E-state index contributed by atoms with van der Waals surface area (Å²) in [6.07, 6.45) is 0.506. The van der Waals surface area contributed by atoms with Gasteiger partial charge >= 0.3 is 0 Å². The Balaban J connectivity index is 2.39. The highest BCUT2D eigenvalue weighted by Gasteiger charge is 2.22. The highest BCUT2D eigenvalue weighted by molar-refractivity contribution is 4.71. The summed E-state index contributed by atoms with van der Waals surface area (Å²) in [7, 11) is 1.93. The molecule has 1 aliphatic heterocycles. The van der Waals surface area contributed by atoms with Crippen molar-refractivity contribution < 1.29 is 5.11 Å². The highest BCUT2D eigenvalue weighted by Crippen LogP contribution is 2.08. The quantitative estimate of drug-likeness (QED) is 0.449. The average molecular weight is 116 g/mol. The first kappa shape index (κ1) is 6.01. The van der Waals surface area contributed by atoms with Gasteiger partial charge in [-0.1, -0.05) is 0 Å². The van der Waals surface area contributed by atoms with E-state index in [-0.39, 0.29) is 6.23 Å². The van der Waals surface area contributed by atoms with Crippen LogP contribution in [0.15, 0.2) is 0 Å². The van der Waals surface area contributed by atoms with E-state index in [2.05, 4.69) is 12.3 Å². The van der Waals surface area contributed by atoms with Crippen LogP contribution in [0.25, 0.3) is 0 Å². The third-order valence-electron chi connectivity index (χ3n) is 1.58. The van der Waals surface area contributed by atoms with Gasteiger partial charge in [0.15, 0.2) is 0 Å². The molecule has 8 heavy (non-hydrogen) atoms. The van der Waals surface area contributed by atoms with Crippen LogP contribution >= 0.6 is 0 Å². The van der Waals surface area contributed by atoms with Crippen LogP contribution in [0.1, 0.15) is 13.3 Å². The Morgan fingerprint density at radius 2 is 2.38 bits per heavy atom. The Hall–Kier alpha value is -0.120. The van der Waals surface area contributed by atoms with Gasteiger partial charge < -0.3 is 5.11 Å². The predicted molar refractivity (Wildman–Crippen MR) is 31.0 cm³/mol. The van der Waals surface area contributed by atoms with Crippen LogP contribution in [0.3, 0.4) is 0 Å². The molecule has 0 aromatic heterocycles. The van der Waals surface area contributed by atoms with E-state index in [4.69, 9.17) is 5.11 Å². The largest absolute Gasteiger partial charge is 0.377 e. The molecule has 1 fully saturated rings. The van der Waals surface area contributed by atoms with Gasteiger partial charge in [0.1, 0.15) is 6.23 Å². The van der Waals surface area contributed by atoms with E-state index in [1.165, 1.54) is 0 Å². The fraction of sp³-hybridized carbons (Fsp3) is 1.00. The zero-order chi connectivity index (χ0) is 6.15. The van der Waals surface area contributed by atoms with Gasteiger partial charge in [-0.25, -0.2) is 10.4 Å². The lowest BCUT2D eigenvalue weighted by atomic mass is 10.2. The molecule has 1 aliphatic rings. The van der Waals surface area contributed by atoms with Gasteiger partial charge in [0.2, 0.25) is 0 Å². The van der Waals surface area contributed by atoms with Crippen molar-refractivity contribution in [2.45, 2.75) is 25.6 Å². The summed E-state index contributed by atoms with van der Waals surface area (Å²) in [6, 6.07) is 0.463. The third kappa shape index (κ3) is 0.992. The molecule has 0 aromatic rings. The van der Waals surface area contributed by atoms with Gasteiger partial charge in [0, 0.05) is 19.5 Å². The maximum Gasteiger partial charge on any atom is 0.118 e. The molecule has 0 saturated carbocycles. The minimum atomic E-state index is -0.324. The van der Waals surface area contributed by atoms with Crippen molar-refractivity contribution in [3.63, 3.8) is 0 Å². The summed E-state index contributed by atoms with van der Waals surface area (Å²) in [5, 5.41) is 10.8. The molecular formula is C5H12N2O. The topological polar surface area (TPSA) is 35.5 Å². The molecule has 0 amide bonds. The fourth-order valence-electron chi connectivity index (χ4n) is 0.896.